The monoisotopic (exact) mass is 454 g/mol. The van der Waals surface area contributed by atoms with Crippen LogP contribution in [0.1, 0.15) is 43.8 Å². The van der Waals surface area contributed by atoms with E-state index in [1.807, 2.05) is 67.8 Å². The Morgan fingerprint density at radius 3 is 2.62 bits per heavy atom. The molecule has 1 atom stereocenters. The summed E-state index contributed by atoms with van der Waals surface area (Å²) in [6.07, 6.45) is 0.556. The third-order valence-electron chi connectivity index (χ3n) is 5.12. The van der Waals surface area contributed by atoms with E-state index >= 15 is 0 Å². The minimum absolute atomic E-state index is 0.0631. The van der Waals surface area contributed by atoms with Crippen LogP contribution in [0.15, 0.2) is 47.6 Å². The van der Waals surface area contributed by atoms with Crippen molar-refractivity contribution in [3.8, 4) is 11.5 Å². The number of nitrogens with one attached hydrogen (secondary N) is 1. The number of anilines is 1. The molecule has 0 aliphatic rings. The Morgan fingerprint density at radius 1 is 1.16 bits per heavy atom. The van der Waals surface area contributed by atoms with E-state index in [9.17, 15) is 4.79 Å². The molecule has 0 saturated heterocycles. The normalized spacial score (nSPS) is 11.8. The lowest BCUT2D eigenvalue weighted by atomic mass is 10.1. The Labute approximate surface area is 193 Å². The van der Waals surface area contributed by atoms with E-state index < -0.39 is 0 Å². The van der Waals surface area contributed by atoms with Gasteiger partial charge in [-0.1, -0.05) is 43.0 Å². The number of carbonyl (C=O) groups is 1. The minimum atomic E-state index is -0.309. The molecule has 8 heteroatoms. The van der Waals surface area contributed by atoms with Crippen LogP contribution in [0.3, 0.4) is 0 Å². The summed E-state index contributed by atoms with van der Waals surface area (Å²) in [6.45, 7) is 8.72. The van der Waals surface area contributed by atoms with Gasteiger partial charge in [0.05, 0.1) is 12.9 Å². The number of rotatable bonds is 10. The van der Waals surface area contributed by atoms with Gasteiger partial charge in [-0.2, -0.15) is 0 Å². The van der Waals surface area contributed by atoms with Crippen molar-refractivity contribution in [2.45, 2.75) is 51.9 Å². The van der Waals surface area contributed by atoms with Gasteiger partial charge in [-0.3, -0.25) is 4.79 Å². The van der Waals surface area contributed by atoms with E-state index in [1.54, 1.807) is 7.11 Å². The zero-order valence-corrected chi connectivity index (χ0v) is 20.0. The molecule has 0 bridgehead atoms. The number of carbonyl (C=O) groups excluding carboxylic acids is 1. The standard InChI is InChI=1S/C24H30N4O3S/c1-6-18-11-8-10-16(3)22(18)25-21(29)15-32-24-27-26-23(28(24)7-2)17(4)31-20-13-9-12-19(14-20)30-5/h8-14,17H,6-7,15H2,1-5H3,(H,25,29). The summed E-state index contributed by atoms with van der Waals surface area (Å²) in [6, 6.07) is 13.5. The maximum Gasteiger partial charge on any atom is 0.234 e. The molecule has 1 amide bonds. The van der Waals surface area contributed by atoms with Gasteiger partial charge in [0.1, 0.15) is 11.5 Å². The zero-order valence-electron chi connectivity index (χ0n) is 19.2. The lowest BCUT2D eigenvalue weighted by molar-refractivity contribution is -0.113. The number of para-hydroxylation sites is 1. The molecule has 0 aliphatic carbocycles. The molecule has 0 fully saturated rings. The maximum atomic E-state index is 12.6. The van der Waals surface area contributed by atoms with Crippen molar-refractivity contribution in [2.24, 2.45) is 0 Å². The Bertz CT molecular complexity index is 1070. The van der Waals surface area contributed by atoms with Gasteiger partial charge in [-0.25, -0.2) is 0 Å². The molecule has 1 unspecified atom stereocenters. The number of nitrogens with zero attached hydrogens (tertiary/aromatic N) is 3. The smallest absolute Gasteiger partial charge is 0.234 e. The summed E-state index contributed by atoms with van der Waals surface area (Å²) in [7, 11) is 1.62. The largest absolute Gasteiger partial charge is 0.497 e. The zero-order chi connectivity index (χ0) is 23.1. The molecule has 7 nitrogen and oxygen atoms in total. The third-order valence-corrected chi connectivity index (χ3v) is 6.08. The fraction of sp³-hybridized carbons (Fsp3) is 0.375. The Kier molecular flexibility index (Phi) is 8.16. The van der Waals surface area contributed by atoms with Crippen LogP contribution in [0.2, 0.25) is 0 Å². The lowest BCUT2D eigenvalue weighted by Crippen LogP contribution is -2.17. The van der Waals surface area contributed by atoms with Gasteiger partial charge in [-0.05, 0) is 50.5 Å². The van der Waals surface area contributed by atoms with Crippen LogP contribution >= 0.6 is 11.8 Å². The molecule has 1 aromatic heterocycles. The number of benzene rings is 2. The first-order valence-corrected chi connectivity index (χ1v) is 11.7. The number of hydrogen-bond donors (Lipinski definition) is 1. The van der Waals surface area contributed by atoms with Crippen LogP contribution in [0.4, 0.5) is 5.69 Å². The molecule has 1 heterocycles. The van der Waals surface area contributed by atoms with Crippen molar-refractivity contribution < 1.29 is 14.3 Å². The second-order valence-corrected chi connectivity index (χ2v) is 8.27. The van der Waals surface area contributed by atoms with Gasteiger partial charge in [0.25, 0.3) is 0 Å². The van der Waals surface area contributed by atoms with E-state index in [1.165, 1.54) is 11.8 Å². The van der Waals surface area contributed by atoms with E-state index in [0.29, 0.717) is 23.3 Å². The van der Waals surface area contributed by atoms with E-state index in [4.69, 9.17) is 9.47 Å². The molecule has 0 saturated carbocycles. The second kappa shape index (κ2) is 11.0. The lowest BCUT2D eigenvalue weighted by Gasteiger charge is -2.16. The Morgan fingerprint density at radius 2 is 1.91 bits per heavy atom. The van der Waals surface area contributed by atoms with Gasteiger partial charge < -0.3 is 19.4 Å². The van der Waals surface area contributed by atoms with Crippen LogP contribution in [0, 0.1) is 6.92 Å². The van der Waals surface area contributed by atoms with Gasteiger partial charge in [0.2, 0.25) is 5.91 Å². The molecule has 1 N–H and O–H groups in total. The number of methoxy groups -OCH3 is 1. The number of aromatic nitrogens is 3. The van der Waals surface area contributed by atoms with Crippen molar-refractivity contribution in [1.82, 2.24) is 14.8 Å². The number of thioether (sulfide) groups is 1. The van der Waals surface area contributed by atoms with Gasteiger partial charge in [-0.15, -0.1) is 10.2 Å². The van der Waals surface area contributed by atoms with Crippen LogP contribution in [-0.2, 0) is 17.8 Å². The van der Waals surface area contributed by atoms with E-state index in [-0.39, 0.29) is 17.8 Å². The molecular weight excluding hydrogens is 424 g/mol. The van der Waals surface area contributed by atoms with Crippen LogP contribution in [0.5, 0.6) is 11.5 Å². The highest BCUT2D eigenvalue weighted by Gasteiger charge is 2.20. The van der Waals surface area contributed by atoms with Crippen LogP contribution in [0.25, 0.3) is 0 Å². The van der Waals surface area contributed by atoms with Gasteiger partial charge in [0, 0.05) is 18.3 Å². The number of amides is 1. The topological polar surface area (TPSA) is 78.3 Å². The van der Waals surface area contributed by atoms with Crippen molar-refractivity contribution in [2.75, 3.05) is 18.2 Å². The average Bonchev–Trinajstić information content (AvgIpc) is 3.22. The molecule has 2 aromatic carbocycles. The first kappa shape index (κ1) is 23.7. The van der Waals surface area contributed by atoms with Crippen LogP contribution < -0.4 is 14.8 Å². The van der Waals surface area contributed by atoms with Crippen molar-refractivity contribution >= 4 is 23.4 Å². The molecule has 0 radical (unpaired) electrons. The first-order valence-electron chi connectivity index (χ1n) is 10.7. The molecule has 0 spiro atoms. The number of hydrogen-bond acceptors (Lipinski definition) is 6. The maximum absolute atomic E-state index is 12.6. The molecule has 170 valence electrons. The second-order valence-electron chi connectivity index (χ2n) is 7.32. The third kappa shape index (κ3) is 5.62. The predicted octanol–water partition coefficient (Wildman–Crippen LogP) is 5.05. The van der Waals surface area contributed by atoms with Crippen molar-refractivity contribution in [3.05, 3.63) is 59.4 Å². The quantitative estimate of drug-likeness (QED) is 0.432. The number of ether oxygens (including phenoxy) is 2. The fourth-order valence-corrected chi connectivity index (χ4v) is 4.25. The summed E-state index contributed by atoms with van der Waals surface area (Å²) in [5.74, 6) is 2.33. The van der Waals surface area contributed by atoms with E-state index in [0.717, 1.165) is 29.0 Å². The summed E-state index contributed by atoms with van der Waals surface area (Å²) < 4.78 is 13.3. The highest BCUT2D eigenvalue weighted by molar-refractivity contribution is 7.99. The van der Waals surface area contributed by atoms with Crippen molar-refractivity contribution in [1.29, 1.82) is 0 Å². The fourth-order valence-electron chi connectivity index (χ4n) is 3.44. The van der Waals surface area contributed by atoms with E-state index in [2.05, 4.69) is 22.4 Å². The SMILES string of the molecule is CCc1cccc(C)c1NC(=O)CSc1nnc(C(C)Oc2cccc(OC)c2)n1CC. The van der Waals surface area contributed by atoms with Crippen LogP contribution in [-0.4, -0.2) is 33.5 Å². The van der Waals surface area contributed by atoms with Gasteiger partial charge in [0.15, 0.2) is 17.1 Å². The number of aryl methyl sites for hydroxylation is 2. The van der Waals surface area contributed by atoms with Crippen molar-refractivity contribution in [3.63, 3.8) is 0 Å². The molecular formula is C24H30N4O3S. The summed E-state index contributed by atoms with van der Waals surface area (Å²) >= 11 is 1.37. The predicted molar refractivity (Wildman–Crippen MR) is 128 cm³/mol. The molecule has 0 aliphatic heterocycles. The highest BCUT2D eigenvalue weighted by Crippen LogP contribution is 2.27. The summed E-state index contributed by atoms with van der Waals surface area (Å²) in [5.41, 5.74) is 3.09. The van der Waals surface area contributed by atoms with Gasteiger partial charge >= 0.3 is 0 Å². The first-order chi connectivity index (χ1) is 15.5. The Balaban J connectivity index is 1.66. The summed E-state index contributed by atoms with van der Waals surface area (Å²) in [5, 5.41) is 12.4. The average molecular weight is 455 g/mol. The Hall–Kier alpha value is -3.00. The molecule has 3 rings (SSSR count). The molecule has 32 heavy (non-hydrogen) atoms. The highest BCUT2D eigenvalue weighted by atomic mass is 32.2. The minimum Gasteiger partial charge on any atom is -0.497 e. The summed E-state index contributed by atoms with van der Waals surface area (Å²) in [4.78, 5) is 12.6. The molecule has 3 aromatic rings.